The van der Waals surface area contributed by atoms with E-state index in [1.165, 1.54) is 17.8 Å². The second-order valence-electron chi connectivity index (χ2n) is 4.57. The number of H-pyrrole nitrogens is 1. The van der Waals surface area contributed by atoms with Gasteiger partial charge in [-0.15, -0.1) is 11.8 Å². The number of thioether (sulfide) groups is 1. The van der Waals surface area contributed by atoms with Gasteiger partial charge in [0.25, 0.3) is 5.56 Å². The molecule has 0 aliphatic heterocycles. The first-order chi connectivity index (χ1) is 10.6. The van der Waals surface area contributed by atoms with Gasteiger partial charge in [0, 0.05) is 11.0 Å². The molecule has 2 rings (SSSR count). The predicted molar refractivity (Wildman–Crippen MR) is 85.2 cm³/mol. The number of aromatic amines is 1. The summed E-state index contributed by atoms with van der Waals surface area (Å²) in [6, 6.07) is 8.90. The quantitative estimate of drug-likeness (QED) is 0.788. The Kier molecular flexibility index (Phi) is 5.60. The number of ether oxygens (including phenoxy) is 1. The number of nitrogens with zero attached hydrogens (tertiary/aromatic N) is 1. The number of aromatic nitrogens is 2. The summed E-state index contributed by atoms with van der Waals surface area (Å²) in [6.07, 6.45) is 0. The molecule has 116 valence electrons. The van der Waals surface area contributed by atoms with Crippen LogP contribution in [0.25, 0.3) is 0 Å². The highest BCUT2D eigenvalue weighted by molar-refractivity contribution is 8.00. The van der Waals surface area contributed by atoms with E-state index in [9.17, 15) is 9.59 Å². The van der Waals surface area contributed by atoms with E-state index in [-0.39, 0.29) is 23.8 Å². The third-order valence-corrected chi connectivity index (χ3v) is 3.78. The fraction of sp³-hybridized carbons (Fsp3) is 0.267. The lowest BCUT2D eigenvalue weighted by atomic mass is 10.3. The Morgan fingerprint density at radius 3 is 2.95 bits per heavy atom. The number of amides is 1. The summed E-state index contributed by atoms with van der Waals surface area (Å²) in [4.78, 5) is 30.8. The molecule has 0 atom stereocenters. The van der Waals surface area contributed by atoms with Crippen LogP contribution in [0.15, 0.2) is 40.0 Å². The van der Waals surface area contributed by atoms with E-state index in [4.69, 9.17) is 4.74 Å². The summed E-state index contributed by atoms with van der Waals surface area (Å²) >= 11 is 1.42. The van der Waals surface area contributed by atoms with Gasteiger partial charge in [-0.3, -0.25) is 9.59 Å². The number of hydrogen-bond donors (Lipinski definition) is 2. The van der Waals surface area contributed by atoms with Gasteiger partial charge in [0.15, 0.2) is 0 Å². The number of nitrogens with one attached hydrogen (secondary N) is 2. The molecule has 1 heterocycles. The van der Waals surface area contributed by atoms with Crippen molar-refractivity contribution in [2.24, 2.45) is 0 Å². The van der Waals surface area contributed by atoms with Crippen molar-refractivity contribution in [1.29, 1.82) is 0 Å². The third-order valence-electron chi connectivity index (χ3n) is 2.79. The maximum atomic E-state index is 11.8. The Labute approximate surface area is 132 Å². The lowest BCUT2D eigenvalue weighted by molar-refractivity contribution is -0.118. The van der Waals surface area contributed by atoms with Crippen molar-refractivity contribution in [1.82, 2.24) is 15.3 Å². The van der Waals surface area contributed by atoms with E-state index in [0.717, 1.165) is 10.6 Å². The summed E-state index contributed by atoms with van der Waals surface area (Å²) < 4.78 is 5.13. The van der Waals surface area contributed by atoms with Gasteiger partial charge in [0.2, 0.25) is 5.91 Å². The normalized spacial score (nSPS) is 10.3. The second kappa shape index (κ2) is 7.65. The molecule has 1 amide bonds. The van der Waals surface area contributed by atoms with Crippen molar-refractivity contribution in [2.45, 2.75) is 18.4 Å². The van der Waals surface area contributed by atoms with E-state index in [0.29, 0.717) is 11.5 Å². The Bertz CT molecular complexity index is 715. The largest absolute Gasteiger partial charge is 0.497 e. The van der Waals surface area contributed by atoms with Gasteiger partial charge in [-0.05, 0) is 25.1 Å². The minimum Gasteiger partial charge on any atom is -0.497 e. The average Bonchev–Trinajstić information content (AvgIpc) is 2.50. The maximum absolute atomic E-state index is 11.8. The van der Waals surface area contributed by atoms with Crippen LogP contribution >= 0.6 is 11.8 Å². The zero-order valence-electron chi connectivity index (χ0n) is 12.4. The van der Waals surface area contributed by atoms with Gasteiger partial charge in [-0.2, -0.15) is 0 Å². The molecule has 0 saturated heterocycles. The van der Waals surface area contributed by atoms with Crippen LogP contribution in [-0.4, -0.2) is 28.7 Å². The summed E-state index contributed by atoms with van der Waals surface area (Å²) in [6.45, 7) is 1.94. The Balaban J connectivity index is 1.84. The van der Waals surface area contributed by atoms with Crippen LogP contribution in [0.5, 0.6) is 5.75 Å². The molecule has 7 heteroatoms. The van der Waals surface area contributed by atoms with Crippen LogP contribution < -0.4 is 15.6 Å². The predicted octanol–water partition coefficient (Wildman–Crippen LogP) is 1.50. The first kappa shape index (κ1) is 16.1. The molecule has 0 spiro atoms. The van der Waals surface area contributed by atoms with Crippen molar-refractivity contribution >= 4 is 17.7 Å². The average molecular weight is 319 g/mol. The van der Waals surface area contributed by atoms with Crippen LogP contribution in [0.1, 0.15) is 11.5 Å². The number of methoxy groups -OCH3 is 1. The topological polar surface area (TPSA) is 84.1 Å². The second-order valence-corrected chi connectivity index (χ2v) is 5.62. The number of carbonyl (C=O) groups excluding carboxylic acids is 1. The smallest absolute Gasteiger partial charge is 0.251 e. The number of hydrogen-bond acceptors (Lipinski definition) is 5. The summed E-state index contributed by atoms with van der Waals surface area (Å²) in [7, 11) is 1.60. The molecular formula is C15H17N3O3S. The number of carbonyl (C=O) groups is 1. The van der Waals surface area contributed by atoms with Gasteiger partial charge in [0.05, 0.1) is 25.1 Å². The Hall–Kier alpha value is -2.28. The fourth-order valence-electron chi connectivity index (χ4n) is 1.81. The molecule has 0 saturated carbocycles. The number of aryl methyl sites for hydroxylation is 1. The zero-order valence-corrected chi connectivity index (χ0v) is 13.2. The van der Waals surface area contributed by atoms with E-state index in [1.54, 1.807) is 14.0 Å². The SMILES string of the molecule is COc1cccc(SCC(=O)NCc2cc(=O)[nH]c(C)n2)c1. The highest BCUT2D eigenvalue weighted by Gasteiger charge is 2.05. The molecule has 1 aromatic carbocycles. The minimum atomic E-state index is -0.220. The van der Waals surface area contributed by atoms with E-state index >= 15 is 0 Å². The molecule has 0 unspecified atom stereocenters. The molecular weight excluding hydrogens is 302 g/mol. The molecule has 0 aliphatic rings. The van der Waals surface area contributed by atoms with Crippen LogP contribution in [0, 0.1) is 6.92 Å². The lowest BCUT2D eigenvalue weighted by Gasteiger charge is -2.06. The van der Waals surface area contributed by atoms with Crippen molar-refractivity contribution in [3.8, 4) is 5.75 Å². The number of rotatable bonds is 6. The number of benzene rings is 1. The lowest BCUT2D eigenvalue weighted by Crippen LogP contribution is -2.26. The summed E-state index contributed by atoms with van der Waals surface area (Å²) in [5.74, 6) is 1.46. The summed E-state index contributed by atoms with van der Waals surface area (Å²) in [5, 5.41) is 2.75. The van der Waals surface area contributed by atoms with Crippen molar-refractivity contribution in [2.75, 3.05) is 12.9 Å². The van der Waals surface area contributed by atoms with Crippen LogP contribution in [0.2, 0.25) is 0 Å². The molecule has 2 aromatic rings. The standard InChI is InChI=1S/C15H17N3O3S/c1-10-17-11(6-14(19)18-10)8-16-15(20)9-22-13-5-3-4-12(7-13)21-2/h3-7H,8-9H2,1-2H3,(H,16,20)(H,17,18,19). The molecule has 2 N–H and O–H groups in total. The van der Waals surface area contributed by atoms with Crippen molar-refractivity contribution < 1.29 is 9.53 Å². The molecule has 0 radical (unpaired) electrons. The van der Waals surface area contributed by atoms with E-state index < -0.39 is 0 Å². The van der Waals surface area contributed by atoms with Crippen LogP contribution in [0.3, 0.4) is 0 Å². The molecule has 0 fully saturated rings. The molecule has 1 aromatic heterocycles. The zero-order chi connectivity index (χ0) is 15.9. The van der Waals surface area contributed by atoms with Crippen molar-refractivity contribution in [3.63, 3.8) is 0 Å². The monoisotopic (exact) mass is 319 g/mol. The van der Waals surface area contributed by atoms with E-state index in [1.807, 2.05) is 24.3 Å². The molecule has 0 bridgehead atoms. The minimum absolute atomic E-state index is 0.118. The van der Waals surface area contributed by atoms with Gasteiger partial charge in [0.1, 0.15) is 11.6 Å². The van der Waals surface area contributed by atoms with Gasteiger partial charge < -0.3 is 15.0 Å². The first-order valence-corrected chi connectivity index (χ1v) is 7.66. The van der Waals surface area contributed by atoms with E-state index in [2.05, 4.69) is 15.3 Å². The van der Waals surface area contributed by atoms with Gasteiger partial charge in [-0.25, -0.2) is 4.98 Å². The van der Waals surface area contributed by atoms with Crippen LogP contribution in [-0.2, 0) is 11.3 Å². The van der Waals surface area contributed by atoms with Crippen LogP contribution in [0.4, 0.5) is 0 Å². The highest BCUT2D eigenvalue weighted by atomic mass is 32.2. The maximum Gasteiger partial charge on any atom is 0.251 e. The molecule has 0 aliphatic carbocycles. The molecule has 22 heavy (non-hydrogen) atoms. The Morgan fingerprint density at radius 1 is 1.41 bits per heavy atom. The highest BCUT2D eigenvalue weighted by Crippen LogP contribution is 2.22. The molecule has 6 nitrogen and oxygen atoms in total. The van der Waals surface area contributed by atoms with Gasteiger partial charge in [-0.1, -0.05) is 6.07 Å². The summed E-state index contributed by atoms with van der Waals surface area (Å²) in [5.41, 5.74) is 0.323. The van der Waals surface area contributed by atoms with Crippen molar-refractivity contribution in [3.05, 3.63) is 52.2 Å². The third kappa shape index (κ3) is 4.92. The first-order valence-electron chi connectivity index (χ1n) is 6.67. The fourth-order valence-corrected chi connectivity index (χ4v) is 2.59. The Morgan fingerprint density at radius 2 is 2.23 bits per heavy atom. The van der Waals surface area contributed by atoms with Gasteiger partial charge >= 0.3 is 0 Å².